The number of H-pyrrole nitrogens is 1. The average Bonchev–Trinajstić information content (AvgIpc) is 2.84. The molecule has 6 heteroatoms. The molecule has 2 heterocycles. The molecule has 18 heavy (non-hydrogen) atoms. The number of aromatic amines is 1. The van der Waals surface area contributed by atoms with Crippen molar-refractivity contribution in [1.29, 1.82) is 0 Å². The number of nitrogens with zero attached hydrogens (tertiary/aromatic N) is 2. The van der Waals surface area contributed by atoms with Crippen molar-refractivity contribution in [2.24, 2.45) is 0 Å². The van der Waals surface area contributed by atoms with Crippen LogP contribution in [0.15, 0.2) is 12.1 Å². The molecule has 0 radical (unpaired) electrons. The number of carbonyl (C=O) groups excluding carboxylic acids is 1. The number of rotatable bonds is 3. The van der Waals surface area contributed by atoms with Gasteiger partial charge in [-0.2, -0.15) is 5.10 Å². The summed E-state index contributed by atoms with van der Waals surface area (Å²) in [6, 6.07) is 3.71. The van der Waals surface area contributed by atoms with Crippen molar-refractivity contribution in [2.75, 3.05) is 6.61 Å². The van der Waals surface area contributed by atoms with Gasteiger partial charge in [-0.15, -0.1) is 0 Å². The quantitative estimate of drug-likeness (QED) is 0.850. The summed E-state index contributed by atoms with van der Waals surface area (Å²) in [5, 5.41) is 6.23. The van der Waals surface area contributed by atoms with Gasteiger partial charge in [0.2, 0.25) is 5.82 Å². The molecule has 0 spiro atoms. The molecule has 0 aromatic carbocycles. The van der Waals surface area contributed by atoms with Crippen LogP contribution in [0.5, 0.6) is 0 Å². The highest BCUT2D eigenvalue weighted by molar-refractivity contribution is 5.88. The van der Waals surface area contributed by atoms with E-state index in [1.54, 1.807) is 11.5 Å². The lowest BCUT2D eigenvalue weighted by molar-refractivity contribution is 0.0514. The Morgan fingerprint density at radius 1 is 1.44 bits per heavy atom. The molecule has 0 amide bonds. The van der Waals surface area contributed by atoms with Crippen molar-refractivity contribution in [3.8, 4) is 5.82 Å². The van der Waals surface area contributed by atoms with E-state index in [1.165, 1.54) is 0 Å². The van der Waals surface area contributed by atoms with Gasteiger partial charge < -0.3 is 4.74 Å². The molecule has 5 nitrogen and oxygen atoms in total. The van der Waals surface area contributed by atoms with Crippen molar-refractivity contribution in [3.05, 3.63) is 35.0 Å². The Kier molecular flexibility index (Phi) is 3.18. The smallest absolute Gasteiger partial charge is 0.359 e. The minimum atomic E-state index is -0.740. The number of carbonyl (C=O) groups is 1. The fourth-order valence-electron chi connectivity index (χ4n) is 1.81. The van der Waals surface area contributed by atoms with E-state index in [9.17, 15) is 9.18 Å². The average molecular weight is 251 g/mol. The van der Waals surface area contributed by atoms with E-state index in [0.29, 0.717) is 0 Å². The minimum absolute atomic E-state index is 0.0815. The van der Waals surface area contributed by atoms with Crippen molar-refractivity contribution >= 4 is 5.97 Å². The van der Waals surface area contributed by atoms with Gasteiger partial charge in [-0.3, -0.25) is 9.67 Å². The van der Waals surface area contributed by atoms with Gasteiger partial charge in [0.05, 0.1) is 6.61 Å². The third kappa shape index (κ3) is 1.90. The number of nitrogens with one attached hydrogen (secondary N) is 1. The maximum atomic E-state index is 14.1. The predicted molar refractivity (Wildman–Crippen MR) is 63.3 cm³/mol. The second-order valence-electron chi connectivity index (χ2n) is 3.91. The lowest BCUT2D eigenvalue weighted by Crippen LogP contribution is -2.08. The molecule has 0 aliphatic carbocycles. The number of hydrogen-bond donors (Lipinski definition) is 1. The number of halogens is 1. The summed E-state index contributed by atoms with van der Waals surface area (Å²) in [5.74, 6) is -1.36. The van der Waals surface area contributed by atoms with Crippen molar-refractivity contribution in [3.63, 3.8) is 0 Å². The molecular weight excluding hydrogens is 237 g/mol. The second kappa shape index (κ2) is 4.64. The first kappa shape index (κ1) is 12.3. The summed E-state index contributed by atoms with van der Waals surface area (Å²) < 4.78 is 20.5. The van der Waals surface area contributed by atoms with Gasteiger partial charge in [0.15, 0.2) is 11.5 Å². The Morgan fingerprint density at radius 3 is 2.61 bits per heavy atom. The number of aryl methyl sites for hydroxylation is 2. The Hall–Kier alpha value is -2.11. The van der Waals surface area contributed by atoms with E-state index in [1.807, 2.05) is 26.0 Å². The zero-order valence-electron chi connectivity index (χ0n) is 10.5. The van der Waals surface area contributed by atoms with Crippen LogP contribution in [0.25, 0.3) is 5.82 Å². The summed E-state index contributed by atoms with van der Waals surface area (Å²) >= 11 is 0. The molecule has 96 valence electrons. The molecule has 2 aromatic rings. The highest BCUT2D eigenvalue weighted by Crippen LogP contribution is 2.19. The number of hydrogen-bond acceptors (Lipinski definition) is 3. The molecule has 2 rings (SSSR count). The summed E-state index contributed by atoms with van der Waals surface area (Å²) in [7, 11) is 0. The van der Waals surface area contributed by atoms with Gasteiger partial charge >= 0.3 is 5.97 Å². The Labute approximate surface area is 104 Å². The highest BCUT2D eigenvalue weighted by atomic mass is 19.1. The molecule has 2 aromatic heterocycles. The topological polar surface area (TPSA) is 59.9 Å². The predicted octanol–water partition coefficient (Wildman–Crippen LogP) is 2.13. The van der Waals surface area contributed by atoms with Crippen LogP contribution < -0.4 is 0 Å². The second-order valence-corrected chi connectivity index (χ2v) is 3.91. The van der Waals surface area contributed by atoms with Crippen LogP contribution in [0.1, 0.15) is 28.8 Å². The monoisotopic (exact) mass is 251 g/mol. The van der Waals surface area contributed by atoms with E-state index in [2.05, 4.69) is 10.2 Å². The van der Waals surface area contributed by atoms with E-state index >= 15 is 0 Å². The van der Waals surface area contributed by atoms with Gasteiger partial charge in [-0.05, 0) is 32.9 Å². The van der Waals surface area contributed by atoms with Crippen molar-refractivity contribution < 1.29 is 13.9 Å². The van der Waals surface area contributed by atoms with Gasteiger partial charge in [0, 0.05) is 11.4 Å². The molecule has 0 bridgehead atoms. The SMILES string of the molecule is CCOC(=O)c1[nH]nc(-n2c(C)ccc2C)c1F. The van der Waals surface area contributed by atoms with E-state index < -0.39 is 11.8 Å². The fourth-order valence-corrected chi connectivity index (χ4v) is 1.81. The van der Waals surface area contributed by atoms with Crippen LogP contribution in [0.2, 0.25) is 0 Å². The van der Waals surface area contributed by atoms with Gasteiger partial charge in [0.1, 0.15) is 0 Å². The molecule has 0 saturated heterocycles. The third-order valence-corrected chi connectivity index (χ3v) is 2.65. The van der Waals surface area contributed by atoms with Crippen LogP contribution in [-0.4, -0.2) is 27.3 Å². The van der Waals surface area contributed by atoms with Crippen LogP contribution in [0, 0.1) is 19.7 Å². The lowest BCUT2D eigenvalue weighted by atomic mass is 10.4. The number of ether oxygens (including phenoxy) is 1. The Balaban J connectivity index is 2.46. The van der Waals surface area contributed by atoms with Crippen LogP contribution >= 0.6 is 0 Å². The maximum Gasteiger partial charge on any atom is 0.359 e. The van der Waals surface area contributed by atoms with Gasteiger partial charge in [-0.1, -0.05) is 0 Å². The summed E-state index contributed by atoms with van der Waals surface area (Å²) in [4.78, 5) is 11.5. The number of esters is 1. The van der Waals surface area contributed by atoms with E-state index in [4.69, 9.17) is 4.74 Å². The van der Waals surface area contributed by atoms with Gasteiger partial charge in [0.25, 0.3) is 0 Å². The Bertz CT molecular complexity index is 567. The van der Waals surface area contributed by atoms with Crippen molar-refractivity contribution in [2.45, 2.75) is 20.8 Å². The summed E-state index contributed by atoms with van der Waals surface area (Å²) in [6.45, 7) is 5.53. The van der Waals surface area contributed by atoms with E-state index in [0.717, 1.165) is 11.4 Å². The summed E-state index contributed by atoms with van der Waals surface area (Å²) in [5.41, 5.74) is 1.43. The standard InChI is InChI=1S/C12H14FN3O2/c1-4-18-12(17)10-9(13)11(15-14-10)16-7(2)5-6-8(16)3/h5-6H,4H2,1-3H3,(H,14,15). The first-order valence-electron chi connectivity index (χ1n) is 5.62. The zero-order chi connectivity index (χ0) is 13.3. The zero-order valence-corrected chi connectivity index (χ0v) is 10.5. The van der Waals surface area contributed by atoms with Crippen molar-refractivity contribution in [1.82, 2.24) is 14.8 Å². The molecule has 0 fully saturated rings. The summed E-state index contributed by atoms with van der Waals surface area (Å²) in [6.07, 6.45) is 0. The molecule has 0 unspecified atom stereocenters. The minimum Gasteiger partial charge on any atom is -0.461 e. The molecule has 0 aliphatic rings. The van der Waals surface area contributed by atoms with Crippen LogP contribution in [0.3, 0.4) is 0 Å². The first-order chi connectivity index (χ1) is 8.56. The molecule has 0 aliphatic heterocycles. The lowest BCUT2D eigenvalue weighted by Gasteiger charge is -2.04. The highest BCUT2D eigenvalue weighted by Gasteiger charge is 2.22. The molecule has 0 saturated carbocycles. The van der Waals surface area contributed by atoms with Crippen LogP contribution in [0.4, 0.5) is 4.39 Å². The van der Waals surface area contributed by atoms with Crippen LogP contribution in [-0.2, 0) is 4.74 Å². The number of aromatic nitrogens is 3. The normalized spacial score (nSPS) is 10.7. The van der Waals surface area contributed by atoms with Gasteiger partial charge in [-0.25, -0.2) is 9.18 Å². The third-order valence-electron chi connectivity index (χ3n) is 2.65. The molecule has 0 atom stereocenters. The largest absolute Gasteiger partial charge is 0.461 e. The van der Waals surface area contributed by atoms with E-state index in [-0.39, 0.29) is 18.1 Å². The fraction of sp³-hybridized carbons (Fsp3) is 0.333. The molecular formula is C12H14FN3O2. The Morgan fingerprint density at radius 2 is 2.06 bits per heavy atom. The first-order valence-corrected chi connectivity index (χ1v) is 5.62. The maximum absolute atomic E-state index is 14.1. The molecule has 1 N–H and O–H groups in total.